The lowest BCUT2D eigenvalue weighted by Gasteiger charge is -2.40. The summed E-state index contributed by atoms with van der Waals surface area (Å²) in [6.45, 7) is 5.30. The van der Waals surface area contributed by atoms with Crippen molar-refractivity contribution >= 4 is 0 Å². The number of nitrogens with one attached hydrogen (secondary N) is 2. The lowest BCUT2D eigenvalue weighted by molar-refractivity contribution is 0.154. The molecule has 0 aromatic heterocycles. The molecule has 2 N–H and O–H groups in total. The van der Waals surface area contributed by atoms with Crippen molar-refractivity contribution in [1.82, 2.24) is 15.5 Å². The molecule has 0 radical (unpaired) electrons. The molecule has 2 fully saturated rings. The minimum Gasteiger partial charge on any atom is -0.383 e. The average Bonchev–Trinajstić information content (AvgIpc) is 2.54. The summed E-state index contributed by atoms with van der Waals surface area (Å²) in [6.07, 6.45) is 9.78. The Balaban J connectivity index is 1.71. The fourth-order valence-corrected chi connectivity index (χ4v) is 3.94. The molecule has 1 aliphatic heterocycles. The Hall–Kier alpha value is -0.160. The molecular weight excluding hydrogens is 262 g/mol. The summed E-state index contributed by atoms with van der Waals surface area (Å²) in [4.78, 5) is 2.35. The van der Waals surface area contributed by atoms with Crippen molar-refractivity contribution in [2.24, 2.45) is 5.92 Å². The molecule has 1 saturated carbocycles. The van der Waals surface area contributed by atoms with Gasteiger partial charge in [-0.1, -0.05) is 19.3 Å². The smallest absolute Gasteiger partial charge is 0.0589 e. The maximum Gasteiger partial charge on any atom is 0.0589 e. The summed E-state index contributed by atoms with van der Waals surface area (Å²) < 4.78 is 5.13. The van der Waals surface area contributed by atoms with Crippen LogP contribution in [0.1, 0.15) is 44.9 Å². The number of methoxy groups -OCH3 is 1. The van der Waals surface area contributed by atoms with Crippen molar-refractivity contribution in [2.45, 2.75) is 57.0 Å². The Bertz CT molecular complexity index is 269. The van der Waals surface area contributed by atoms with E-state index in [9.17, 15) is 0 Å². The number of nitrogens with zero attached hydrogens (tertiary/aromatic N) is 1. The topological polar surface area (TPSA) is 36.5 Å². The van der Waals surface area contributed by atoms with Crippen molar-refractivity contribution in [2.75, 3.05) is 46.9 Å². The van der Waals surface area contributed by atoms with Gasteiger partial charge in [-0.15, -0.1) is 0 Å². The number of hydrogen-bond donors (Lipinski definition) is 2. The summed E-state index contributed by atoms with van der Waals surface area (Å²) in [5, 5.41) is 7.63. The van der Waals surface area contributed by atoms with Gasteiger partial charge >= 0.3 is 0 Å². The summed E-state index contributed by atoms with van der Waals surface area (Å²) >= 11 is 0. The van der Waals surface area contributed by atoms with E-state index in [2.05, 4.69) is 22.6 Å². The maximum atomic E-state index is 5.13. The molecule has 1 heterocycles. The largest absolute Gasteiger partial charge is 0.383 e. The van der Waals surface area contributed by atoms with Crippen molar-refractivity contribution in [3.8, 4) is 0 Å². The van der Waals surface area contributed by atoms with Gasteiger partial charge in [0, 0.05) is 38.8 Å². The zero-order chi connectivity index (χ0) is 14.9. The van der Waals surface area contributed by atoms with Crippen LogP contribution in [0.25, 0.3) is 0 Å². The molecular formula is C17H35N3O. The second-order valence-electron chi connectivity index (χ2n) is 6.86. The number of ether oxygens (including phenoxy) is 1. The molecule has 1 saturated heterocycles. The molecule has 3 unspecified atom stereocenters. The Labute approximate surface area is 131 Å². The van der Waals surface area contributed by atoms with Crippen molar-refractivity contribution in [3.63, 3.8) is 0 Å². The van der Waals surface area contributed by atoms with Crippen LogP contribution in [0.4, 0.5) is 0 Å². The van der Waals surface area contributed by atoms with Crippen LogP contribution in [0.15, 0.2) is 0 Å². The summed E-state index contributed by atoms with van der Waals surface area (Å²) in [6, 6.07) is 1.49. The molecule has 0 bridgehead atoms. The van der Waals surface area contributed by atoms with Gasteiger partial charge in [0.25, 0.3) is 0 Å². The molecule has 21 heavy (non-hydrogen) atoms. The molecule has 0 amide bonds. The highest BCUT2D eigenvalue weighted by molar-refractivity contribution is 4.90. The highest BCUT2D eigenvalue weighted by Crippen LogP contribution is 2.30. The molecule has 0 aromatic rings. The predicted molar refractivity (Wildman–Crippen MR) is 88.8 cm³/mol. The molecule has 1 aliphatic carbocycles. The fourth-order valence-electron chi connectivity index (χ4n) is 3.94. The predicted octanol–water partition coefficient (Wildman–Crippen LogP) is 1.86. The summed E-state index contributed by atoms with van der Waals surface area (Å²) in [5.74, 6) is 0.850. The minimum absolute atomic E-state index is 0.727. The third-order valence-corrected chi connectivity index (χ3v) is 5.26. The molecule has 0 aromatic carbocycles. The normalized spacial score (nSPS) is 30.7. The van der Waals surface area contributed by atoms with E-state index in [0.717, 1.165) is 44.2 Å². The number of hydrogen-bond acceptors (Lipinski definition) is 4. The van der Waals surface area contributed by atoms with Crippen LogP contribution in [0.3, 0.4) is 0 Å². The van der Waals surface area contributed by atoms with Gasteiger partial charge < -0.3 is 20.3 Å². The second-order valence-corrected chi connectivity index (χ2v) is 6.86. The Morgan fingerprint density at radius 2 is 1.90 bits per heavy atom. The van der Waals surface area contributed by atoms with E-state index in [0.29, 0.717) is 0 Å². The molecule has 0 spiro atoms. The van der Waals surface area contributed by atoms with Crippen molar-refractivity contribution < 1.29 is 4.74 Å². The van der Waals surface area contributed by atoms with Gasteiger partial charge in [-0.3, -0.25) is 0 Å². The van der Waals surface area contributed by atoms with Gasteiger partial charge in [0.05, 0.1) is 6.61 Å². The molecule has 3 atom stereocenters. The van der Waals surface area contributed by atoms with E-state index in [1.54, 1.807) is 7.11 Å². The zero-order valence-corrected chi connectivity index (χ0v) is 14.1. The minimum atomic E-state index is 0.727. The van der Waals surface area contributed by atoms with Crippen LogP contribution in [-0.2, 0) is 4.74 Å². The van der Waals surface area contributed by atoms with E-state index in [4.69, 9.17) is 4.74 Å². The first-order chi connectivity index (χ1) is 10.3. The zero-order valence-electron chi connectivity index (χ0n) is 14.1. The highest BCUT2D eigenvalue weighted by atomic mass is 16.5. The van der Waals surface area contributed by atoms with Crippen molar-refractivity contribution in [3.05, 3.63) is 0 Å². The van der Waals surface area contributed by atoms with E-state index in [1.807, 2.05) is 0 Å². The summed E-state index contributed by atoms with van der Waals surface area (Å²) in [7, 11) is 3.96. The molecule has 124 valence electrons. The molecule has 2 rings (SSSR count). The van der Waals surface area contributed by atoms with Crippen LogP contribution in [0, 0.1) is 5.92 Å². The molecule has 4 heteroatoms. The maximum absolute atomic E-state index is 5.13. The van der Waals surface area contributed by atoms with Gasteiger partial charge in [-0.25, -0.2) is 0 Å². The SMILES string of the molecule is COCCN(C)CCNC1CCCCC1C1CCCCN1. The fraction of sp³-hybridized carbons (Fsp3) is 1.00. The highest BCUT2D eigenvalue weighted by Gasteiger charge is 2.31. The van der Waals surface area contributed by atoms with Crippen LogP contribution in [0.2, 0.25) is 0 Å². The quantitative estimate of drug-likeness (QED) is 0.717. The van der Waals surface area contributed by atoms with Crippen LogP contribution < -0.4 is 10.6 Å². The Kier molecular flexibility index (Phi) is 8.01. The van der Waals surface area contributed by atoms with Crippen LogP contribution in [-0.4, -0.2) is 63.9 Å². The van der Waals surface area contributed by atoms with E-state index >= 15 is 0 Å². The van der Waals surface area contributed by atoms with Gasteiger partial charge in [0.15, 0.2) is 0 Å². The first kappa shape index (κ1) is 17.2. The third-order valence-electron chi connectivity index (χ3n) is 5.26. The van der Waals surface area contributed by atoms with E-state index < -0.39 is 0 Å². The number of rotatable bonds is 8. The van der Waals surface area contributed by atoms with Gasteiger partial charge in [-0.05, 0) is 45.2 Å². The molecule has 2 aliphatic rings. The number of likely N-dealkylation sites (N-methyl/N-ethyl adjacent to an activating group) is 1. The van der Waals surface area contributed by atoms with Gasteiger partial charge in [0.2, 0.25) is 0 Å². The average molecular weight is 297 g/mol. The third kappa shape index (κ3) is 5.85. The Morgan fingerprint density at radius 3 is 2.67 bits per heavy atom. The Morgan fingerprint density at radius 1 is 1.10 bits per heavy atom. The molecule has 4 nitrogen and oxygen atoms in total. The standard InChI is InChI=1S/C17H35N3O/c1-20(13-14-21-2)12-11-19-17-8-4-3-7-15(17)16-9-5-6-10-18-16/h15-19H,3-14H2,1-2H3. The van der Waals surface area contributed by atoms with Crippen LogP contribution >= 0.6 is 0 Å². The first-order valence-electron chi connectivity index (χ1n) is 8.95. The van der Waals surface area contributed by atoms with Gasteiger partial charge in [-0.2, -0.15) is 0 Å². The lowest BCUT2D eigenvalue weighted by Crippen LogP contribution is -2.51. The number of piperidine rings is 1. The second kappa shape index (κ2) is 9.78. The van der Waals surface area contributed by atoms with E-state index in [-0.39, 0.29) is 0 Å². The van der Waals surface area contributed by atoms with Gasteiger partial charge in [0.1, 0.15) is 0 Å². The summed E-state index contributed by atoms with van der Waals surface area (Å²) in [5.41, 5.74) is 0. The monoisotopic (exact) mass is 297 g/mol. The lowest BCUT2D eigenvalue weighted by atomic mass is 9.77. The van der Waals surface area contributed by atoms with Crippen molar-refractivity contribution in [1.29, 1.82) is 0 Å². The van der Waals surface area contributed by atoms with Crippen LogP contribution in [0.5, 0.6) is 0 Å². The first-order valence-corrected chi connectivity index (χ1v) is 8.95. The van der Waals surface area contributed by atoms with E-state index in [1.165, 1.54) is 51.5 Å².